The number of hydrogen-bond acceptors (Lipinski definition) is 16. The van der Waals surface area contributed by atoms with Crippen LogP contribution in [0.5, 0.6) is 11.5 Å². The molecule has 370 valence electrons. The van der Waals surface area contributed by atoms with E-state index >= 15 is 4.79 Å². The van der Waals surface area contributed by atoms with Crippen LogP contribution in [-0.4, -0.2) is 135 Å². The van der Waals surface area contributed by atoms with Crippen molar-refractivity contribution in [2.75, 3.05) is 20.8 Å². The second kappa shape index (κ2) is 18.5. The van der Waals surface area contributed by atoms with E-state index in [2.05, 4.69) is 6.58 Å². The number of benzene rings is 2. The summed E-state index contributed by atoms with van der Waals surface area (Å²) in [4.78, 5) is 71.4. The highest BCUT2D eigenvalue weighted by atomic mass is 16.7. The summed E-state index contributed by atoms with van der Waals surface area (Å²) >= 11 is 0. The minimum Gasteiger partial charge on any atom is -0.496 e. The molecule has 5 fully saturated rings. The minimum atomic E-state index is -2.24. The monoisotopic (exact) mass is 955 g/mol. The first-order chi connectivity index (χ1) is 32.6. The van der Waals surface area contributed by atoms with Crippen LogP contribution in [0, 0.1) is 22.7 Å². The predicted octanol–water partition coefficient (Wildman–Crippen LogP) is 5.69. The highest BCUT2D eigenvalue weighted by molar-refractivity contribution is 6.57. The fourth-order valence-corrected chi connectivity index (χ4v) is 12.4. The number of carbonyl (C=O) groups is 5. The molecule has 2 aromatic carbocycles. The van der Waals surface area contributed by atoms with Gasteiger partial charge in [0.05, 0.1) is 50.0 Å². The number of esters is 4. The van der Waals surface area contributed by atoms with Crippen LogP contribution in [0.3, 0.4) is 0 Å². The quantitative estimate of drug-likeness (QED) is 0.118. The van der Waals surface area contributed by atoms with Gasteiger partial charge in [0.25, 0.3) is 0 Å². The summed E-state index contributed by atoms with van der Waals surface area (Å²) in [5.74, 6) is -4.59. The number of carbonyl (C=O) groups excluding carboxylic acids is 5. The lowest BCUT2D eigenvalue weighted by atomic mass is 9.44. The largest absolute Gasteiger partial charge is 0.496 e. The zero-order valence-electron chi connectivity index (χ0n) is 40.8. The van der Waals surface area contributed by atoms with Crippen LogP contribution in [0.2, 0.25) is 0 Å². The van der Waals surface area contributed by atoms with Gasteiger partial charge in [-0.05, 0) is 60.8 Å². The molecular formula is C51H62BNO16. The van der Waals surface area contributed by atoms with Crippen molar-refractivity contribution in [1.82, 2.24) is 4.90 Å². The third kappa shape index (κ3) is 8.03. The second-order valence-electron chi connectivity index (χ2n) is 20.1. The topological polar surface area (TPSA) is 201 Å². The Hall–Kier alpha value is -5.27. The van der Waals surface area contributed by atoms with Crippen LogP contribution in [0.25, 0.3) is 0 Å². The predicted molar refractivity (Wildman–Crippen MR) is 245 cm³/mol. The van der Waals surface area contributed by atoms with E-state index in [1.807, 2.05) is 20.8 Å². The van der Waals surface area contributed by atoms with Crippen molar-refractivity contribution >= 4 is 37.5 Å². The van der Waals surface area contributed by atoms with Crippen LogP contribution < -0.4 is 9.47 Å². The van der Waals surface area contributed by atoms with E-state index in [9.17, 15) is 24.3 Å². The van der Waals surface area contributed by atoms with Crippen molar-refractivity contribution in [2.24, 2.45) is 22.7 Å². The Kier molecular flexibility index (Phi) is 13.4. The van der Waals surface area contributed by atoms with Gasteiger partial charge >= 0.3 is 23.9 Å². The molecule has 2 saturated carbocycles. The molecule has 2 bridgehead atoms. The summed E-state index contributed by atoms with van der Waals surface area (Å²) in [5, 5.41) is 14.1. The number of methoxy groups -OCH3 is 2. The Bertz CT molecular complexity index is 2390. The average molecular weight is 956 g/mol. The third-order valence-corrected chi connectivity index (χ3v) is 15.5. The molecule has 2 radical (unpaired) electrons. The van der Waals surface area contributed by atoms with Gasteiger partial charge in [-0.15, -0.1) is 0 Å². The molecule has 1 amide bonds. The number of aliphatic hydroxyl groups is 1. The van der Waals surface area contributed by atoms with Crippen molar-refractivity contribution in [2.45, 2.75) is 147 Å². The van der Waals surface area contributed by atoms with Crippen molar-refractivity contribution in [1.29, 1.82) is 0 Å². The molecule has 8 rings (SSSR count). The van der Waals surface area contributed by atoms with Gasteiger partial charge in [0, 0.05) is 37.5 Å². The first-order valence-corrected chi connectivity index (χ1v) is 23.4. The molecule has 0 spiro atoms. The summed E-state index contributed by atoms with van der Waals surface area (Å²) in [6.45, 7) is 17.2. The SMILES string of the molecule is [B]C(=O)N1C(c2c(OC)cccc2OC)O[C@@H](C(=O)O[C@H]2C[C@@]3(O)[C@@H](OC(=O)c4ccccc4)[C@@H]4[C@]5(OC(C)=O)CO[C@@H]5C[C@@H]5OC(C=C)O[C@@H]([C@@H](OC(C)=O)C(=C2C)C3(C)C)[C@]54C)[C@@H]1CC(C)C. The normalized spacial score (nSPS) is 36.3. The van der Waals surface area contributed by atoms with Gasteiger partial charge in [-0.3, -0.25) is 14.4 Å². The Morgan fingerprint density at radius 3 is 2.13 bits per heavy atom. The maximum Gasteiger partial charge on any atom is 0.338 e. The molecule has 18 heteroatoms. The molecule has 2 unspecified atom stereocenters. The van der Waals surface area contributed by atoms with Gasteiger partial charge in [0.1, 0.15) is 41.5 Å². The van der Waals surface area contributed by atoms with Crippen LogP contribution in [-0.2, 0) is 52.3 Å². The smallest absolute Gasteiger partial charge is 0.338 e. The maximum absolute atomic E-state index is 15.2. The Morgan fingerprint density at radius 2 is 1.58 bits per heavy atom. The molecule has 2 aromatic rings. The number of amides is 1. The first kappa shape index (κ1) is 50.1. The Labute approximate surface area is 403 Å². The van der Waals surface area contributed by atoms with Gasteiger partial charge < -0.3 is 57.4 Å². The number of fused-ring (bicyclic) bond motifs is 4. The van der Waals surface area contributed by atoms with Gasteiger partial charge in [-0.1, -0.05) is 65.5 Å². The molecule has 14 atom stereocenters. The molecular weight excluding hydrogens is 893 g/mol. The molecule has 69 heavy (non-hydrogen) atoms. The van der Waals surface area contributed by atoms with E-state index in [1.54, 1.807) is 69.3 Å². The molecule has 3 aliphatic carbocycles. The lowest BCUT2D eigenvalue weighted by Gasteiger charge is -2.71. The zero-order valence-corrected chi connectivity index (χ0v) is 40.8. The number of nitrogens with zero attached hydrogens (tertiary/aromatic N) is 1. The highest BCUT2D eigenvalue weighted by Crippen LogP contribution is 2.67. The average Bonchev–Trinajstić information content (AvgIpc) is 3.66. The lowest BCUT2D eigenvalue weighted by molar-refractivity contribution is -0.405. The fraction of sp³-hybridized carbons (Fsp3) is 0.588. The van der Waals surface area contributed by atoms with Gasteiger partial charge in [-0.25, -0.2) is 9.59 Å². The molecule has 17 nitrogen and oxygen atoms in total. The van der Waals surface area contributed by atoms with E-state index < -0.39 is 125 Å². The summed E-state index contributed by atoms with van der Waals surface area (Å²) < 4.78 is 63.6. The summed E-state index contributed by atoms with van der Waals surface area (Å²) in [6, 6.07) is 12.3. The lowest BCUT2D eigenvalue weighted by Crippen LogP contribution is -2.83. The van der Waals surface area contributed by atoms with Crippen LogP contribution >= 0.6 is 0 Å². The fourth-order valence-electron chi connectivity index (χ4n) is 12.4. The standard InChI is InChI=1S/C51H62BNO16/c1-12-36-65-34-22-35-50(24-62-35,69-28(6)55)41-43(68-45(56)29-17-14-13-15-18-29)51(59)23-33(26(4)38(48(51,7)8)40(63-27(5)54)42(66-36)49(34,41)9)64-46(57)39-30(21-25(2)3)53(47(52)58)44(67-39)37-31(60-10)19-16-20-32(37)61-11/h12-20,25,30,33-36,39-44,59H,1,21-24H2,2-11H3/t30-,33-,34-,35+,36?,39+,40-,41-,42-,43-,44?,49+,50-,51+/m0/s1. The third-order valence-electron chi connectivity index (χ3n) is 15.5. The van der Waals surface area contributed by atoms with Crippen LogP contribution in [0.15, 0.2) is 72.3 Å². The van der Waals surface area contributed by atoms with E-state index in [0.29, 0.717) is 28.2 Å². The summed E-state index contributed by atoms with van der Waals surface area (Å²) in [5.41, 5.74) is -5.46. The highest BCUT2D eigenvalue weighted by Gasteiger charge is 2.80. The first-order valence-electron chi connectivity index (χ1n) is 23.4. The summed E-state index contributed by atoms with van der Waals surface area (Å²) in [6.07, 6.45) is -9.25. The molecule has 3 heterocycles. The van der Waals surface area contributed by atoms with E-state index in [4.69, 9.17) is 55.2 Å². The van der Waals surface area contributed by atoms with Gasteiger partial charge in [0.15, 0.2) is 36.1 Å². The molecule has 1 N–H and O–H groups in total. The second-order valence-corrected chi connectivity index (χ2v) is 20.1. The molecule has 0 aromatic heterocycles. The van der Waals surface area contributed by atoms with Crippen molar-refractivity contribution in [3.05, 3.63) is 83.5 Å². The van der Waals surface area contributed by atoms with Gasteiger partial charge in [-0.2, -0.15) is 0 Å². The molecule has 6 aliphatic rings. The summed E-state index contributed by atoms with van der Waals surface area (Å²) in [7, 11) is 9.01. The Balaban J connectivity index is 1.33. The molecule has 3 aliphatic heterocycles. The van der Waals surface area contributed by atoms with Crippen LogP contribution in [0.1, 0.15) is 96.8 Å². The van der Waals surface area contributed by atoms with Crippen molar-refractivity contribution < 1.29 is 76.4 Å². The number of ether oxygens (including phenoxy) is 10. The van der Waals surface area contributed by atoms with Crippen molar-refractivity contribution in [3.63, 3.8) is 0 Å². The molecule has 3 saturated heterocycles. The number of rotatable bonds is 12. The maximum atomic E-state index is 15.2. The zero-order chi connectivity index (χ0) is 50.1. The van der Waals surface area contributed by atoms with Gasteiger partial charge in [0.2, 0.25) is 7.85 Å². The van der Waals surface area contributed by atoms with E-state index in [-0.39, 0.29) is 30.9 Å². The minimum absolute atomic E-state index is 0.0818. The van der Waals surface area contributed by atoms with E-state index in [1.165, 1.54) is 39.0 Å². The van der Waals surface area contributed by atoms with Crippen molar-refractivity contribution in [3.8, 4) is 11.5 Å². The van der Waals surface area contributed by atoms with E-state index in [0.717, 1.165) is 0 Å². The number of hydrogen-bond donors (Lipinski definition) is 1. The van der Waals surface area contributed by atoms with Crippen LogP contribution in [0.4, 0.5) is 4.79 Å². The Morgan fingerprint density at radius 1 is 0.913 bits per heavy atom.